The van der Waals surface area contributed by atoms with E-state index in [1.807, 2.05) is 6.92 Å². The van der Waals surface area contributed by atoms with Crippen LogP contribution in [0.5, 0.6) is 0 Å². The van der Waals surface area contributed by atoms with Gasteiger partial charge in [0.1, 0.15) is 5.82 Å². The van der Waals surface area contributed by atoms with Gasteiger partial charge in [-0.15, -0.1) is 12.4 Å². The lowest BCUT2D eigenvalue weighted by Gasteiger charge is -2.13. The van der Waals surface area contributed by atoms with Crippen LogP contribution in [0.15, 0.2) is 24.3 Å². The quantitative estimate of drug-likeness (QED) is 0.686. The van der Waals surface area contributed by atoms with Gasteiger partial charge in [-0.25, -0.2) is 4.39 Å². The van der Waals surface area contributed by atoms with Crippen LogP contribution in [0.1, 0.15) is 24.8 Å². The van der Waals surface area contributed by atoms with Gasteiger partial charge in [-0.1, -0.05) is 25.1 Å². The Balaban J connectivity index is 0.00000400. The number of ether oxygens (including phenoxy) is 1. The van der Waals surface area contributed by atoms with Crippen LogP contribution in [0.4, 0.5) is 4.39 Å². The number of carbonyl (C=O) groups is 1. The third kappa shape index (κ3) is 7.99. The van der Waals surface area contributed by atoms with Crippen molar-refractivity contribution in [2.75, 3.05) is 33.4 Å². The van der Waals surface area contributed by atoms with Crippen LogP contribution in [0.2, 0.25) is 0 Å². The predicted octanol–water partition coefficient (Wildman–Crippen LogP) is 2.09. The van der Waals surface area contributed by atoms with E-state index in [2.05, 4.69) is 10.6 Å². The lowest BCUT2D eigenvalue weighted by molar-refractivity contribution is -0.121. The van der Waals surface area contributed by atoms with Crippen LogP contribution >= 0.6 is 12.4 Å². The average molecular weight is 319 g/mol. The highest BCUT2D eigenvalue weighted by atomic mass is 35.5. The highest BCUT2D eigenvalue weighted by Gasteiger charge is 2.13. The Kier molecular flexibility index (Phi) is 10.8. The predicted molar refractivity (Wildman–Crippen MR) is 84.4 cm³/mol. The van der Waals surface area contributed by atoms with Gasteiger partial charge < -0.3 is 15.4 Å². The fourth-order valence-electron chi connectivity index (χ4n) is 1.92. The molecule has 1 aromatic carbocycles. The molecule has 21 heavy (non-hydrogen) atoms. The lowest BCUT2D eigenvalue weighted by atomic mass is 9.97. The first-order valence-corrected chi connectivity index (χ1v) is 6.86. The Labute approximate surface area is 131 Å². The van der Waals surface area contributed by atoms with E-state index in [0.29, 0.717) is 31.7 Å². The molecule has 0 heterocycles. The third-order valence-corrected chi connectivity index (χ3v) is 3.03. The van der Waals surface area contributed by atoms with Crippen molar-refractivity contribution < 1.29 is 13.9 Å². The Morgan fingerprint density at radius 3 is 2.67 bits per heavy atom. The molecule has 1 aromatic rings. The zero-order valence-electron chi connectivity index (χ0n) is 12.5. The number of hydrogen-bond donors (Lipinski definition) is 2. The van der Waals surface area contributed by atoms with Gasteiger partial charge in [0.15, 0.2) is 0 Å². The number of nitrogens with one attached hydrogen (secondary N) is 2. The summed E-state index contributed by atoms with van der Waals surface area (Å²) in [6.07, 6.45) is 0.291. The van der Waals surface area contributed by atoms with Crippen LogP contribution in [-0.2, 0) is 9.53 Å². The lowest BCUT2D eigenvalue weighted by Crippen LogP contribution is -2.33. The second kappa shape index (κ2) is 11.5. The molecule has 1 rings (SSSR count). The first-order chi connectivity index (χ1) is 9.65. The molecule has 0 saturated heterocycles. The second-order valence-corrected chi connectivity index (χ2v) is 4.72. The number of methoxy groups -OCH3 is 1. The van der Waals surface area contributed by atoms with Gasteiger partial charge in [-0.2, -0.15) is 0 Å². The van der Waals surface area contributed by atoms with Gasteiger partial charge >= 0.3 is 0 Å². The fraction of sp³-hybridized carbons (Fsp3) is 0.533. The van der Waals surface area contributed by atoms with Crippen molar-refractivity contribution in [1.29, 1.82) is 0 Å². The normalized spacial score (nSPS) is 11.6. The number of rotatable bonds is 9. The first-order valence-electron chi connectivity index (χ1n) is 6.86. The van der Waals surface area contributed by atoms with Gasteiger partial charge in [0.2, 0.25) is 5.91 Å². The van der Waals surface area contributed by atoms with Gasteiger partial charge in [0.05, 0.1) is 6.61 Å². The largest absolute Gasteiger partial charge is 0.383 e. The maximum absolute atomic E-state index is 13.6. The molecule has 0 aromatic heterocycles. The molecule has 120 valence electrons. The highest BCUT2D eigenvalue weighted by molar-refractivity contribution is 5.85. The fourth-order valence-corrected chi connectivity index (χ4v) is 1.92. The summed E-state index contributed by atoms with van der Waals surface area (Å²) in [6.45, 7) is 4.53. The minimum absolute atomic E-state index is 0. The summed E-state index contributed by atoms with van der Waals surface area (Å²) in [5.41, 5.74) is 0.584. The smallest absolute Gasteiger partial charge is 0.220 e. The van der Waals surface area contributed by atoms with Crippen molar-refractivity contribution in [3.05, 3.63) is 35.6 Å². The van der Waals surface area contributed by atoms with Crippen molar-refractivity contribution in [3.63, 3.8) is 0 Å². The van der Waals surface area contributed by atoms with Crippen molar-refractivity contribution in [2.45, 2.75) is 19.3 Å². The summed E-state index contributed by atoms with van der Waals surface area (Å²) in [5, 5.41) is 5.95. The summed E-state index contributed by atoms with van der Waals surface area (Å²) in [7, 11) is 1.65. The SMILES string of the molecule is COCCNCCNC(=O)CC(C)c1ccccc1F.Cl. The van der Waals surface area contributed by atoms with Crippen molar-refractivity contribution >= 4 is 18.3 Å². The minimum Gasteiger partial charge on any atom is -0.383 e. The molecule has 0 aliphatic carbocycles. The van der Waals surface area contributed by atoms with Gasteiger partial charge in [-0.3, -0.25) is 4.79 Å². The topological polar surface area (TPSA) is 50.4 Å². The maximum Gasteiger partial charge on any atom is 0.220 e. The van der Waals surface area contributed by atoms with Crippen LogP contribution < -0.4 is 10.6 Å². The molecule has 0 aliphatic rings. The van der Waals surface area contributed by atoms with Gasteiger partial charge in [0, 0.05) is 33.2 Å². The second-order valence-electron chi connectivity index (χ2n) is 4.72. The molecule has 1 unspecified atom stereocenters. The van der Waals surface area contributed by atoms with Crippen LogP contribution in [0.3, 0.4) is 0 Å². The van der Waals surface area contributed by atoms with Crippen molar-refractivity contribution in [3.8, 4) is 0 Å². The van der Waals surface area contributed by atoms with E-state index in [0.717, 1.165) is 6.54 Å². The van der Waals surface area contributed by atoms with E-state index in [-0.39, 0.29) is 30.0 Å². The Hall–Kier alpha value is -1.17. The van der Waals surface area contributed by atoms with E-state index < -0.39 is 0 Å². The summed E-state index contributed by atoms with van der Waals surface area (Å²) in [6, 6.07) is 6.58. The van der Waals surface area contributed by atoms with E-state index in [4.69, 9.17) is 4.74 Å². The Morgan fingerprint density at radius 2 is 2.00 bits per heavy atom. The molecule has 0 radical (unpaired) electrons. The summed E-state index contributed by atoms with van der Waals surface area (Å²) in [5.74, 6) is -0.444. The van der Waals surface area contributed by atoms with E-state index in [1.165, 1.54) is 6.07 Å². The monoisotopic (exact) mass is 318 g/mol. The number of amides is 1. The Morgan fingerprint density at radius 1 is 1.29 bits per heavy atom. The molecule has 0 aliphatic heterocycles. The first kappa shape index (κ1) is 19.8. The highest BCUT2D eigenvalue weighted by Crippen LogP contribution is 2.21. The van der Waals surface area contributed by atoms with Crippen molar-refractivity contribution in [2.24, 2.45) is 0 Å². The standard InChI is InChI=1S/C15H23FN2O2.ClH/c1-12(13-5-3-4-6-14(13)16)11-15(19)18-8-7-17-9-10-20-2;/h3-6,12,17H,7-11H2,1-2H3,(H,18,19);1H. The molecule has 2 N–H and O–H groups in total. The van der Waals surface area contributed by atoms with Gasteiger partial charge in [-0.05, 0) is 17.5 Å². The van der Waals surface area contributed by atoms with Crippen LogP contribution in [-0.4, -0.2) is 39.3 Å². The number of carbonyl (C=O) groups excluding carboxylic acids is 1. The zero-order valence-corrected chi connectivity index (χ0v) is 13.3. The summed E-state index contributed by atoms with van der Waals surface area (Å²) in [4.78, 5) is 11.7. The molecule has 1 atom stereocenters. The molecule has 0 saturated carbocycles. The molecule has 6 heteroatoms. The van der Waals surface area contributed by atoms with E-state index in [9.17, 15) is 9.18 Å². The molecule has 0 fully saturated rings. The Bertz CT molecular complexity index is 418. The number of hydrogen-bond acceptors (Lipinski definition) is 3. The maximum atomic E-state index is 13.6. The molecular weight excluding hydrogens is 295 g/mol. The molecule has 1 amide bonds. The molecule has 0 spiro atoms. The van der Waals surface area contributed by atoms with Gasteiger partial charge in [0.25, 0.3) is 0 Å². The number of halogens is 2. The van der Waals surface area contributed by atoms with Crippen LogP contribution in [0, 0.1) is 5.82 Å². The third-order valence-electron chi connectivity index (χ3n) is 3.03. The van der Waals surface area contributed by atoms with E-state index >= 15 is 0 Å². The summed E-state index contributed by atoms with van der Waals surface area (Å²) >= 11 is 0. The van der Waals surface area contributed by atoms with Crippen molar-refractivity contribution in [1.82, 2.24) is 10.6 Å². The zero-order chi connectivity index (χ0) is 14.8. The number of benzene rings is 1. The minimum atomic E-state index is -0.256. The molecule has 4 nitrogen and oxygen atoms in total. The van der Waals surface area contributed by atoms with E-state index in [1.54, 1.807) is 25.3 Å². The average Bonchev–Trinajstić information content (AvgIpc) is 2.43. The molecule has 0 bridgehead atoms. The summed E-state index contributed by atoms with van der Waals surface area (Å²) < 4.78 is 18.5. The molecular formula is C15H24ClFN2O2. The van der Waals surface area contributed by atoms with Crippen LogP contribution in [0.25, 0.3) is 0 Å².